The molecule has 0 spiro atoms. The van der Waals surface area contributed by atoms with Gasteiger partial charge in [-0.25, -0.2) is 4.79 Å². The molecule has 0 aliphatic carbocycles. The number of carbonyl (C=O) groups excluding carboxylic acids is 1. The highest BCUT2D eigenvalue weighted by Gasteiger charge is 2.14. The van der Waals surface area contributed by atoms with E-state index in [-0.39, 0.29) is 23.2 Å². The smallest absolute Gasteiger partial charge is 0.339 e. The number of ether oxygens (including phenoxy) is 2. The maximum absolute atomic E-state index is 11.1. The van der Waals surface area contributed by atoms with E-state index in [0.717, 1.165) is 18.4 Å². The predicted molar refractivity (Wildman–Crippen MR) is 166 cm³/mol. The Bertz CT molecular complexity index is 1190. The molecular weight excluding hydrogens is 516 g/mol. The first-order chi connectivity index (χ1) is 19.5. The molecule has 0 saturated heterocycles. The highest BCUT2D eigenvalue weighted by atomic mass is 16.5. The maximum atomic E-state index is 11.1. The lowest BCUT2D eigenvalue weighted by Gasteiger charge is -2.12. The predicted octanol–water partition coefficient (Wildman–Crippen LogP) is 8.90. The summed E-state index contributed by atoms with van der Waals surface area (Å²) < 4.78 is 10.1. The summed E-state index contributed by atoms with van der Waals surface area (Å²) >= 11 is 0. The van der Waals surface area contributed by atoms with E-state index in [1.54, 1.807) is 13.0 Å². The zero-order valence-electron chi connectivity index (χ0n) is 25.9. The van der Waals surface area contributed by atoms with Gasteiger partial charge in [0.1, 0.15) is 23.7 Å². The molecule has 3 atom stereocenters. The van der Waals surface area contributed by atoms with Crippen LogP contribution in [0.15, 0.2) is 66.7 Å². The van der Waals surface area contributed by atoms with Crippen molar-refractivity contribution >= 4 is 11.9 Å². The SMILES string of the molecule is CCC(C)C(=O)OC.CCC(C)c1ccc(COc2cc(C)c(O)c(C(=O)O)c2)cc1.CCC(C)c1ccccc1. The van der Waals surface area contributed by atoms with Crippen LogP contribution in [0.2, 0.25) is 0 Å². The summed E-state index contributed by atoms with van der Waals surface area (Å²) in [4.78, 5) is 21.6. The fourth-order valence-corrected chi connectivity index (χ4v) is 3.72. The first-order valence-corrected chi connectivity index (χ1v) is 14.4. The van der Waals surface area contributed by atoms with Gasteiger partial charge in [0.05, 0.1) is 13.0 Å². The van der Waals surface area contributed by atoms with Gasteiger partial charge in [-0.15, -0.1) is 0 Å². The molecule has 0 saturated carbocycles. The number of phenols is 1. The summed E-state index contributed by atoms with van der Waals surface area (Å²) in [6.07, 6.45) is 3.18. The van der Waals surface area contributed by atoms with E-state index in [9.17, 15) is 14.7 Å². The highest BCUT2D eigenvalue weighted by molar-refractivity contribution is 5.91. The number of hydrogen-bond acceptors (Lipinski definition) is 5. The van der Waals surface area contributed by atoms with E-state index >= 15 is 0 Å². The number of carbonyl (C=O) groups is 2. The van der Waals surface area contributed by atoms with Crippen LogP contribution in [0.5, 0.6) is 11.5 Å². The minimum Gasteiger partial charge on any atom is -0.507 e. The molecule has 0 aliphatic heterocycles. The van der Waals surface area contributed by atoms with E-state index in [1.807, 2.05) is 26.0 Å². The van der Waals surface area contributed by atoms with E-state index in [0.29, 0.717) is 29.8 Å². The molecule has 0 heterocycles. The van der Waals surface area contributed by atoms with Crippen LogP contribution in [0.1, 0.15) is 105 Å². The lowest BCUT2D eigenvalue weighted by molar-refractivity contribution is -0.144. The van der Waals surface area contributed by atoms with Gasteiger partial charge in [-0.3, -0.25) is 4.79 Å². The Morgan fingerprint density at radius 2 is 1.34 bits per heavy atom. The number of aryl methyl sites for hydroxylation is 1. The Kier molecular flexibility index (Phi) is 15.9. The van der Waals surface area contributed by atoms with Crippen molar-refractivity contribution in [3.8, 4) is 11.5 Å². The molecule has 2 N–H and O–H groups in total. The van der Waals surface area contributed by atoms with Crippen molar-refractivity contribution < 1.29 is 29.3 Å². The molecule has 0 aliphatic rings. The molecule has 3 unspecified atom stereocenters. The lowest BCUT2D eigenvalue weighted by Crippen LogP contribution is -2.10. The van der Waals surface area contributed by atoms with E-state index in [1.165, 1.54) is 30.7 Å². The molecule has 0 amide bonds. The molecular formula is C35H48O6. The van der Waals surface area contributed by atoms with Crippen molar-refractivity contribution in [3.05, 3.63) is 94.5 Å². The molecule has 224 valence electrons. The van der Waals surface area contributed by atoms with Gasteiger partial charge in [0.25, 0.3) is 0 Å². The Labute approximate surface area is 246 Å². The van der Waals surface area contributed by atoms with Gasteiger partial charge in [0.2, 0.25) is 0 Å². The summed E-state index contributed by atoms with van der Waals surface area (Å²) in [6.45, 7) is 14.6. The second-order valence-corrected chi connectivity index (χ2v) is 10.3. The largest absolute Gasteiger partial charge is 0.507 e. The first kappa shape index (κ1) is 35.2. The molecule has 41 heavy (non-hydrogen) atoms. The number of carboxylic acids is 1. The second kappa shape index (κ2) is 18.5. The average molecular weight is 565 g/mol. The first-order valence-electron chi connectivity index (χ1n) is 14.4. The summed E-state index contributed by atoms with van der Waals surface area (Å²) in [5, 5.41) is 18.8. The normalized spacial score (nSPS) is 12.4. The molecule has 0 radical (unpaired) electrons. The van der Waals surface area contributed by atoms with Gasteiger partial charge >= 0.3 is 11.9 Å². The molecule has 6 nitrogen and oxygen atoms in total. The standard InChI is InChI=1S/C19H22O4.C10H14.C6H12O2/c1-4-12(2)15-7-5-14(6-8-15)11-23-16-9-13(3)18(20)17(10-16)19(21)22;1-3-9(2)10-7-5-4-6-8-10;1-4-5(2)6(7)8-3/h5-10,12,20H,4,11H2,1-3H3,(H,21,22);4-9H,3H2,1-2H3;5H,4H2,1-3H3. The number of hydrogen-bond donors (Lipinski definition) is 2. The quantitative estimate of drug-likeness (QED) is 0.239. The van der Waals surface area contributed by atoms with Gasteiger partial charge in [0, 0.05) is 0 Å². The topological polar surface area (TPSA) is 93.1 Å². The minimum absolute atomic E-state index is 0.0556. The number of aromatic carboxylic acids is 1. The highest BCUT2D eigenvalue weighted by Crippen LogP contribution is 2.28. The van der Waals surface area contributed by atoms with Crippen LogP contribution in [-0.4, -0.2) is 29.3 Å². The molecule has 0 bridgehead atoms. The number of benzene rings is 3. The molecule has 3 rings (SSSR count). The summed E-state index contributed by atoms with van der Waals surface area (Å²) in [7, 11) is 1.41. The van der Waals surface area contributed by atoms with Crippen LogP contribution in [0.4, 0.5) is 0 Å². The third-order valence-corrected chi connectivity index (χ3v) is 7.27. The third-order valence-electron chi connectivity index (χ3n) is 7.27. The lowest BCUT2D eigenvalue weighted by atomic mass is 9.98. The molecule has 0 fully saturated rings. The summed E-state index contributed by atoms with van der Waals surface area (Å²) in [5.74, 6) is 0.219. The number of esters is 1. The van der Waals surface area contributed by atoms with Gasteiger partial charge in [-0.2, -0.15) is 0 Å². The molecule has 3 aromatic rings. The fraction of sp³-hybridized carbons (Fsp3) is 0.429. The zero-order valence-corrected chi connectivity index (χ0v) is 25.9. The monoisotopic (exact) mass is 564 g/mol. The van der Waals surface area contributed by atoms with Crippen LogP contribution < -0.4 is 4.74 Å². The van der Waals surface area contributed by atoms with Gasteiger partial charge in [0.15, 0.2) is 0 Å². The second-order valence-electron chi connectivity index (χ2n) is 10.3. The van der Waals surface area contributed by atoms with Crippen molar-refractivity contribution in [1.29, 1.82) is 0 Å². The third kappa shape index (κ3) is 12.1. The minimum atomic E-state index is -1.17. The number of rotatable bonds is 10. The van der Waals surface area contributed by atoms with E-state index in [4.69, 9.17) is 9.84 Å². The van der Waals surface area contributed by atoms with Crippen LogP contribution in [0.25, 0.3) is 0 Å². The van der Waals surface area contributed by atoms with Gasteiger partial charge in [-0.05, 0) is 72.4 Å². The van der Waals surface area contributed by atoms with Gasteiger partial charge in [-0.1, -0.05) is 96.1 Å². The Morgan fingerprint density at radius 1 is 0.805 bits per heavy atom. The van der Waals surface area contributed by atoms with Crippen molar-refractivity contribution in [2.24, 2.45) is 5.92 Å². The Morgan fingerprint density at radius 3 is 1.78 bits per heavy atom. The Hall–Kier alpha value is -3.80. The summed E-state index contributed by atoms with van der Waals surface area (Å²) in [6, 6.07) is 21.8. The van der Waals surface area contributed by atoms with Crippen molar-refractivity contribution in [3.63, 3.8) is 0 Å². The number of carboxylic acid groups (broad SMARTS) is 1. The van der Waals surface area contributed by atoms with Crippen LogP contribution >= 0.6 is 0 Å². The van der Waals surface area contributed by atoms with Crippen molar-refractivity contribution in [2.75, 3.05) is 7.11 Å². The molecule has 3 aromatic carbocycles. The maximum Gasteiger partial charge on any atom is 0.339 e. The van der Waals surface area contributed by atoms with E-state index < -0.39 is 5.97 Å². The zero-order chi connectivity index (χ0) is 30.9. The van der Waals surface area contributed by atoms with E-state index in [2.05, 4.69) is 74.9 Å². The number of aromatic hydroxyl groups is 1. The van der Waals surface area contributed by atoms with Crippen molar-refractivity contribution in [1.82, 2.24) is 0 Å². The fourth-order valence-electron chi connectivity index (χ4n) is 3.72. The average Bonchev–Trinajstić information content (AvgIpc) is 3.00. The van der Waals surface area contributed by atoms with Crippen molar-refractivity contribution in [2.45, 2.75) is 86.2 Å². The van der Waals surface area contributed by atoms with Crippen LogP contribution in [0.3, 0.4) is 0 Å². The van der Waals surface area contributed by atoms with Gasteiger partial charge < -0.3 is 19.7 Å². The number of methoxy groups -OCH3 is 1. The van der Waals surface area contributed by atoms with Crippen LogP contribution in [0, 0.1) is 12.8 Å². The van der Waals surface area contributed by atoms with Crippen LogP contribution in [-0.2, 0) is 16.1 Å². The molecule has 6 heteroatoms. The Balaban J connectivity index is 0.000000383. The summed E-state index contributed by atoms with van der Waals surface area (Å²) in [5.41, 5.74) is 4.09. The molecule has 0 aromatic heterocycles.